The van der Waals surface area contributed by atoms with Crippen molar-refractivity contribution < 1.29 is 4.74 Å². The van der Waals surface area contributed by atoms with Crippen LogP contribution in [0.1, 0.15) is 18.1 Å². The highest BCUT2D eigenvalue weighted by molar-refractivity contribution is 5.37. The average molecular weight is 273 g/mol. The lowest BCUT2D eigenvalue weighted by molar-refractivity contribution is 0.0557. The Hall–Kier alpha value is -1.41. The van der Waals surface area contributed by atoms with Gasteiger partial charge in [0.1, 0.15) is 0 Å². The third kappa shape index (κ3) is 3.80. The molecule has 0 radical (unpaired) electrons. The van der Waals surface area contributed by atoms with E-state index in [1.165, 1.54) is 0 Å². The number of benzene rings is 1. The highest BCUT2D eigenvalue weighted by Crippen LogP contribution is 2.15. The summed E-state index contributed by atoms with van der Waals surface area (Å²) in [5.41, 5.74) is 1.93. The summed E-state index contributed by atoms with van der Waals surface area (Å²) in [7, 11) is 1.75. The first-order valence-electron chi connectivity index (χ1n) is 7.18. The summed E-state index contributed by atoms with van der Waals surface area (Å²) in [4.78, 5) is 4.90. The second kappa shape index (κ2) is 7.39. The molecule has 1 saturated heterocycles. The molecule has 1 heterocycles. The lowest BCUT2D eigenvalue weighted by Crippen LogP contribution is -2.52. The lowest BCUT2D eigenvalue weighted by atomic mass is 10.1. The normalized spacial score (nSPS) is 20.8. The Morgan fingerprint density at radius 2 is 2.15 bits per heavy atom. The molecule has 0 aromatic heterocycles. The van der Waals surface area contributed by atoms with Gasteiger partial charge in [0.2, 0.25) is 0 Å². The molecule has 0 amide bonds. The SMILES string of the molecule is COCCN1CCN(Cc2ccccc2C#N)C[C@H]1C. The van der Waals surface area contributed by atoms with Crippen LogP contribution in [0.5, 0.6) is 0 Å². The van der Waals surface area contributed by atoms with E-state index >= 15 is 0 Å². The van der Waals surface area contributed by atoms with Gasteiger partial charge in [-0.05, 0) is 18.6 Å². The van der Waals surface area contributed by atoms with E-state index < -0.39 is 0 Å². The quantitative estimate of drug-likeness (QED) is 0.819. The third-order valence-corrected chi connectivity index (χ3v) is 3.96. The van der Waals surface area contributed by atoms with Crippen LogP contribution in [0, 0.1) is 11.3 Å². The first-order chi connectivity index (χ1) is 9.74. The smallest absolute Gasteiger partial charge is 0.0995 e. The van der Waals surface area contributed by atoms with Crippen LogP contribution in [0.25, 0.3) is 0 Å². The highest BCUT2D eigenvalue weighted by Gasteiger charge is 2.23. The van der Waals surface area contributed by atoms with Gasteiger partial charge in [-0.3, -0.25) is 9.80 Å². The van der Waals surface area contributed by atoms with E-state index in [1.54, 1.807) is 7.11 Å². The van der Waals surface area contributed by atoms with Crippen LogP contribution >= 0.6 is 0 Å². The molecule has 2 rings (SSSR count). The number of rotatable bonds is 5. The summed E-state index contributed by atoms with van der Waals surface area (Å²) >= 11 is 0. The van der Waals surface area contributed by atoms with Crippen LogP contribution in [0.15, 0.2) is 24.3 Å². The van der Waals surface area contributed by atoms with Crippen molar-refractivity contribution in [3.05, 3.63) is 35.4 Å². The molecule has 1 aliphatic heterocycles. The number of methoxy groups -OCH3 is 1. The fourth-order valence-electron chi connectivity index (χ4n) is 2.76. The monoisotopic (exact) mass is 273 g/mol. The van der Waals surface area contributed by atoms with E-state index in [4.69, 9.17) is 10.00 Å². The maximum atomic E-state index is 9.15. The van der Waals surface area contributed by atoms with Gasteiger partial charge in [-0.1, -0.05) is 18.2 Å². The molecule has 1 aromatic rings. The lowest BCUT2D eigenvalue weighted by Gasteiger charge is -2.39. The summed E-state index contributed by atoms with van der Waals surface area (Å²) in [5.74, 6) is 0. The summed E-state index contributed by atoms with van der Waals surface area (Å²) in [6.45, 7) is 8.09. The predicted octanol–water partition coefficient (Wildman–Crippen LogP) is 1.71. The van der Waals surface area contributed by atoms with Crippen molar-refractivity contribution >= 4 is 0 Å². The van der Waals surface area contributed by atoms with Gasteiger partial charge < -0.3 is 4.74 Å². The molecule has 0 N–H and O–H groups in total. The zero-order valence-corrected chi connectivity index (χ0v) is 12.4. The minimum absolute atomic E-state index is 0.535. The summed E-state index contributed by atoms with van der Waals surface area (Å²) < 4.78 is 5.15. The number of hydrogen-bond acceptors (Lipinski definition) is 4. The van der Waals surface area contributed by atoms with Crippen molar-refractivity contribution in [3.63, 3.8) is 0 Å². The van der Waals surface area contributed by atoms with Gasteiger partial charge in [0, 0.05) is 45.9 Å². The van der Waals surface area contributed by atoms with Gasteiger partial charge in [-0.25, -0.2) is 0 Å². The Kier molecular flexibility index (Phi) is 5.54. The molecule has 4 nitrogen and oxygen atoms in total. The molecular formula is C16H23N3O. The average Bonchev–Trinajstić information content (AvgIpc) is 2.47. The predicted molar refractivity (Wildman–Crippen MR) is 79.3 cm³/mol. The minimum atomic E-state index is 0.535. The summed E-state index contributed by atoms with van der Waals surface area (Å²) in [5, 5.41) is 9.15. The van der Waals surface area contributed by atoms with Crippen LogP contribution in [0.3, 0.4) is 0 Å². The second-order valence-corrected chi connectivity index (χ2v) is 5.38. The van der Waals surface area contributed by atoms with Crippen molar-refractivity contribution in [1.82, 2.24) is 9.80 Å². The van der Waals surface area contributed by atoms with Crippen LogP contribution in [-0.4, -0.2) is 55.7 Å². The molecule has 0 aliphatic carbocycles. The van der Waals surface area contributed by atoms with E-state index in [0.29, 0.717) is 6.04 Å². The Balaban J connectivity index is 1.91. The molecule has 0 saturated carbocycles. The molecule has 1 aliphatic rings. The fourth-order valence-corrected chi connectivity index (χ4v) is 2.76. The van der Waals surface area contributed by atoms with Gasteiger partial charge in [-0.2, -0.15) is 5.26 Å². The topological polar surface area (TPSA) is 39.5 Å². The van der Waals surface area contributed by atoms with Gasteiger partial charge in [0.15, 0.2) is 0 Å². The first-order valence-corrected chi connectivity index (χ1v) is 7.18. The van der Waals surface area contributed by atoms with Crippen LogP contribution < -0.4 is 0 Å². The molecule has 1 fully saturated rings. The zero-order valence-electron chi connectivity index (χ0n) is 12.4. The summed E-state index contributed by atoms with van der Waals surface area (Å²) in [6, 6.07) is 10.7. The Labute approximate surface area is 121 Å². The molecule has 108 valence electrons. The van der Waals surface area contributed by atoms with Gasteiger partial charge in [0.25, 0.3) is 0 Å². The van der Waals surface area contributed by atoms with Crippen LogP contribution in [0.4, 0.5) is 0 Å². The van der Waals surface area contributed by atoms with Gasteiger partial charge >= 0.3 is 0 Å². The highest BCUT2D eigenvalue weighted by atomic mass is 16.5. The number of piperazine rings is 1. The first kappa shape index (κ1) is 15.0. The Morgan fingerprint density at radius 1 is 1.35 bits per heavy atom. The number of hydrogen-bond donors (Lipinski definition) is 0. The molecule has 4 heteroatoms. The fraction of sp³-hybridized carbons (Fsp3) is 0.562. The van der Waals surface area contributed by atoms with Crippen molar-refractivity contribution in [3.8, 4) is 6.07 Å². The second-order valence-electron chi connectivity index (χ2n) is 5.38. The minimum Gasteiger partial charge on any atom is -0.383 e. The van der Waals surface area contributed by atoms with Crippen molar-refractivity contribution in [2.75, 3.05) is 39.9 Å². The largest absolute Gasteiger partial charge is 0.383 e. The van der Waals surface area contributed by atoms with Gasteiger partial charge in [-0.15, -0.1) is 0 Å². The molecule has 0 spiro atoms. The van der Waals surface area contributed by atoms with E-state index in [1.807, 2.05) is 18.2 Å². The molecule has 1 aromatic carbocycles. The number of nitriles is 1. The maximum Gasteiger partial charge on any atom is 0.0995 e. The standard InChI is InChI=1S/C16H23N3O/c1-14-12-18(7-8-19(14)9-10-20-2)13-16-6-4-3-5-15(16)11-17/h3-6,14H,7-10,12-13H2,1-2H3/t14-/m1/s1. The van der Waals surface area contributed by atoms with E-state index in [0.717, 1.165) is 50.5 Å². The molecule has 20 heavy (non-hydrogen) atoms. The van der Waals surface area contributed by atoms with Gasteiger partial charge in [0.05, 0.1) is 18.2 Å². The Morgan fingerprint density at radius 3 is 2.85 bits per heavy atom. The number of nitrogens with zero attached hydrogens (tertiary/aromatic N) is 3. The van der Waals surface area contributed by atoms with Crippen LogP contribution in [-0.2, 0) is 11.3 Å². The molecule has 0 unspecified atom stereocenters. The zero-order chi connectivity index (χ0) is 14.4. The molecule has 1 atom stereocenters. The van der Waals surface area contributed by atoms with Crippen molar-refractivity contribution in [2.24, 2.45) is 0 Å². The third-order valence-electron chi connectivity index (χ3n) is 3.96. The molecular weight excluding hydrogens is 250 g/mol. The summed E-state index contributed by atoms with van der Waals surface area (Å²) in [6.07, 6.45) is 0. The van der Waals surface area contributed by atoms with E-state index in [-0.39, 0.29) is 0 Å². The van der Waals surface area contributed by atoms with E-state index in [9.17, 15) is 0 Å². The van der Waals surface area contributed by atoms with Crippen LogP contribution in [0.2, 0.25) is 0 Å². The van der Waals surface area contributed by atoms with E-state index in [2.05, 4.69) is 28.9 Å². The maximum absolute atomic E-state index is 9.15. The Bertz CT molecular complexity index is 469. The molecule has 0 bridgehead atoms. The van der Waals surface area contributed by atoms with Crippen molar-refractivity contribution in [2.45, 2.75) is 19.5 Å². The number of ether oxygens (including phenoxy) is 1. The van der Waals surface area contributed by atoms with Crippen molar-refractivity contribution in [1.29, 1.82) is 5.26 Å².